The van der Waals surface area contributed by atoms with Gasteiger partial charge in [0.25, 0.3) is 11.7 Å². The highest BCUT2D eigenvalue weighted by Crippen LogP contribution is 2.40. The number of carbonyl (C=O) groups is 2. The monoisotopic (exact) mass is 549 g/mol. The molecule has 1 heterocycles. The number of rotatable bonds is 9. The van der Waals surface area contributed by atoms with Crippen LogP contribution in [0, 0.1) is 6.92 Å². The van der Waals surface area contributed by atoms with Crippen LogP contribution in [0.2, 0.25) is 0 Å². The summed E-state index contributed by atoms with van der Waals surface area (Å²) >= 11 is 3.48. The molecule has 3 aromatic rings. The molecule has 1 fully saturated rings. The topological polar surface area (TPSA) is 76.1 Å². The van der Waals surface area contributed by atoms with Gasteiger partial charge in [0.15, 0.2) is 0 Å². The molecule has 0 spiro atoms. The number of likely N-dealkylation sites (tertiary alicyclic amines) is 1. The van der Waals surface area contributed by atoms with Gasteiger partial charge in [0, 0.05) is 30.3 Å². The summed E-state index contributed by atoms with van der Waals surface area (Å²) in [6, 6.07) is 21.9. The van der Waals surface area contributed by atoms with Crippen molar-refractivity contribution in [1.82, 2.24) is 4.90 Å². The molecule has 36 heavy (non-hydrogen) atoms. The molecule has 186 valence electrons. The maximum absolute atomic E-state index is 13.2. The van der Waals surface area contributed by atoms with Crippen molar-refractivity contribution >= 4 is 33.4 Å². The van der Waals surface area contributed by atoms with E-state index < -0.39 is 17.7 Å². The molecule has 1 aliphatic rings. The van der Waals surface area contributed by atoms with Crippen LogP contribution >= 0.6 is 15.9 Å². The third-order valence-corrected chi connectivity index (χ3v) is 6.65. The van der Waals surface area contributed by atoms with Crippen molar-refractivity contribution < 1.29 is 24.2 Å². The second-order valence-electron chi connectivity index (χ2n) is 8.64. The van der Waals surface area contributed by atoms with Crippen molar-refractivity contribution in [3.8, 4) is 5.75 Å². The number of aryl methyl sites for hydroxylation is 1. The van der Waals surface area contributed by atoms with E-state index in [4.69, 9.17) is 9.47 Å². The van der Waals surface area contributed by atoms with Crippen molar-refractivity contribution in [3.63, 3.8) is 0 Å². The molecule has 1 amide bonds. The number of aliphatic hydroxyl groups is 1. The fourth-order valence-corrected chi connectivity index (χ4v) is 4.81. The number of benzene rings is 3. The summed E-state index contributed by atoms with van der Waals surface area (Å²) in [6.07, 6.45) is 0.570. The van der Waals surface area contributed by atoms with Crippen LogP contribution in [0.1, 0.15) is 34.7 Å². The zero-order valence-electron chi connectivity index (χ0n) is 20.2. The predicted octanol–water partition coefficient (Wildman–Crippen LogP) is 5.79. The Balaban J connectivity index is 1.69. The minimum atomic E-state index is -0.701. The van der Waals surface area contributed by atoms with Gasteiger partial charge in [-0.05, 0) is 60.4 Å². The first kappa shape index (κ1) is 25.7. The molecule has 1 aliphatic heterocycles. The number of nitrogens with zero attached hydrogens (tertiary/aromatic N) is 1. The first-order valence-corrected chi connectivity index (χ1v) is 12.5. The first-order valence-electron chi connectivity index (χ1n) is 11.7. The number of ketones is 1. The molecule has 7 heteroatoms. The van der Waals surface area contributed by atoms with E-state index in [1.54, 1.807) is 19.2 Å². The lowest BCUT2D eigenvalue weighted by Gasteiger charge is -2.25. The number of Topliss-reactive ketones (excluding diaryl/α,β-unsaturated/α-hetero) is 1. The van der Waals surface area contributed by atoms with Gasteiger partial charge in [-0.3, -0.25) is 9.59 Å². The van der Waals surface area contributed by atoms with E-state index >= 15 is 0 Å². The molecule has 1 atom stereocenters. The molecule has 0 bridgehead atoms. The van der Waals surface area contributed by atoms with Gasteiger partial charge in [-0.25, -0.2) is 0 Å². The van der Waals surface area contributed by atoms with Crippen LogP contribution < -0.4 is 4.74 Å². The van der Waals surface area contributed by atoms with Gasteiger partial charge in [-0.1, -0.05) is 58.4 Å². The maximum Gasteiger partial charge on any atom is 0.295 e. The quantitative estimate of drug-likeness (QED) is 0.158. The Labute approximate surface area is 219 Å². The summed E-state index contributed by atoms with van der Waals surface area (Å²) in [5, 5.41) is 11.4. The zero-order valence-corrected chi connectivity index (χ0v) is 21.8. The third kappa shape index (κ3) is 5.53. The van der Waals surface area contributed by atoms with Gasteiger partial charge in [0.05, 0.1) is 11.6 Å². The standard InChI is InChI=1S/C29H28BrNO5/c1-19-16-23(36-18-20-8-4-3-5-9-20)12-13-24(19)27(32)25-26(21-10-6-11-22(30)17-21)31(14-7-15-35-2)29(34)28(25)33/h3-6,8-13,16-17,26,32H,7,14-15,18H2,1-2H3. The summed E-state index contributed by atoms with van der Waals surface area (Å²) < 4.78 is 11.9. The lowest BCUT2D eigenvalue weighted by molar-refractivity contribution is -0.140. The summed E-state index contributed by atoms with van der Waals surface area (Å²) in [5.41, 5.74) is 3.08. The van der Waals surface area contributed by atoms with Gasteiger partial charge in [-0.2, -0.15) is 0 Å². The SMILES string of the molecule is COCCCN1C(=O)C(=O)C(=C(O)c2ccc(OCc3ccccc3)cc2C)C1c1cccc(Br)c1. The molecule has 0 saturated carbocycles. The van der Waals surface area contributed by atoms with Crippen molar-refractivity contribution in [2.45, 2.75) is 26.0 Å². The van der Waals surface area contributed by atoms with Gasteiger partial charge in [-0.15, -0.1) is 0 Å². The Kier molecular flexibility index (Phi) is 8.23. The zero-order chi connectivity index (χ0) is 25.7. The Hall–Kier alpha value is -3.42. The molecule has 0 radical (unpaired) electrons. The smallest absolute Gasteiger partial charge is 0.295 e. The summed E-state index contributed by atoms with van der Waals surface area (Å²) in [5.74, 6) is -0.868. The van der Waals surface area contributed by atoms with E-state index in [0.717, 1.165) is 21.2 Å². The highest BCUT2D eigenvalue weighted by molar-refractivity contribution is 9.10. The summed E-state index contributed by atoms with van der Waals surface area (Å²) in [6.45, 7) is 3.05. The van der Waals surface area contributed by atoms with Gasteiger partial charge in [0.1, 0.15) is 18.1 Å². The van der Waals surface area contributed by atoms with E-state index in [9.17, 15) is 14.7 Å². The first-order chi connectivity index (χ1) is 17.4. The fourth-order valence-electron chi connectivity index (χ4n) is 4.39. The lowest BCUT2D eigenvalue weighted by atomic mass is 9.94. The van der Waals surface area contributed by atoms with Crippen LogP contribution in [0.3, 0.4) is 0 Å². The van der Waals surface area contributed by atoms with Crippen molar-refractivity contribution in [1.29, 1.82) is 0 Å². The van der Waals surface area contributed by atoms with Crippen molar-refractivity contribution in [2.24, 2.45) is 0 Å². The van der Waals surface area contributed by atoms with Gasteiger partial charge >= 0.3 is 0 Å². The molecule has 1 N–H and O–H groups in total. The van der Waals surface area contributed by atoms with Crippen LogP contribution in [-0.4, -0.2) is 42.0 Å². The predicted molar refractivity (Wildman–Crippen MR) is 142 cm³/mol. The average Bonchev–Trinajstić information content (AvgIpc) is 3.13. The Morgan fingerprint density at radius 1 is 1.03 bits per heavy atom. The minimum Gasteiger partial charge on any atom is -0.507 e. The van der Waals surface area contributed by atoms with E-state index in [1.165, 1.54) is 4.90 Å². The Bertz CT molecular complexity index is 1290. The summed E-state index contributed by atoms with van der Waals surface area (Å²) in [4.78, 5) is 27.7. The highest BCUT2D eigenvalue weighted by Gasteiger charge is 2.45. The van der Waals surface area contributed by atoms with Crippen molar-refractivity contribution in [2.75, 3.05) is 20.3 Å². The molecule has 1 unspecified atom stereocenters. The Morgan fingerprint density at radius 3 is 2.50 bits per heavy atom. The third-order valence-electron chi connectivity index (χ3n) is 6.15. The van der Waals surface area contributed by atoms with E-state index in [0.29, 0.717) is 37.5 Å². The van der Waals surface area contributed by atoms with Crippen LogP contribution in [0.4, 0.5) is 0 Å². The number of hydrogen-bond donors (Lipinski definition) is 1. The fraction of sp³-hybridized carbons (Fsp3) is 0.241. The van der Waals surface area contributed by atoms with Gasteiger partial charge < -0.3 is 19.5 Å². The lowest BCUT2D eigenvalue weighted by Crippen LogP contribution is -2.31. The molecular weight excluding hydrogens is 522 g/mol. The molecule has 4 rings (SSSR count). The van der Waals surface area contributed by atoms with E-state index in [-0.39, 0.29) is 11.3 Å². The van der Waals surface area contributed by atoms with Crippen LogP contribution in [-0.2, 0) is 20.9 Å². The number of carbonyl (C=O) groups excluding carboxylic acids is 2. The number of halogens is 1. The second kappa shape index (κ2) is 11.5. The minimum absolute atomic E-state index is 0.0802. The van der Waals surface area contributed by atoms with E-state index in [2.05, 4.69) is 15.9 Å². The van der Waals surface area contributed by atoms with Crippen LogP contribution in [0.25, 0.3) is 5.76 Å². The summed E-state index contributed by atoms with van der Waals surface area (Å²) in [7, 11) is 1.59. The van der Waals surface area contributed by atoms with E-state index in [1.807, 2.05) is 67.6 Å². The van der Waals surface area contributed by atoms with Crippen molar-refractivity contribution in [3.05, 3.63) is 105 Å². The average molecular weight is 550 g/mol. The number of ether oxygens (including phenoxy) is 2. The van der Waals surface area contributed by atoms with Crippen LogP contribution in [0.15, 0.2) is 82.8 Å². The number of amides is 1. The number of aliphatic hydroxyl groups excluding tert-OH is 1. The molecule has 6 nitrogen and oxygen atoms in total. The normalized spacial score (nSPS) is 17.0. The molecule has 0 aromatic heterocycles. The Morgan fingerprint density at radius 2 is 1.81 bits per heavy atom. The largest absolute Gasteiger partial charge is 0.507 e. The maximum atomic E-state index is 13.2. The number of hydrogen-bond acceptors (Lipinski definition) is 5. The van der Waals surface area contributed by atoms with Crippen LogP contribution in [0.5, 0.6) is 5.75 Å². The molecule has 3 aromatic carbocycles. The molecule has 1 saturated heterocycles. The number of methoxy groups -OCH3 is 1. The molecular formula is C29H28BrNO5. The second-order valence-corrected chi connectivity index (χ2v) is 9.56. The molecule has 0 aliphatic carbocycles. The van der Waals surface area contributed by atoms with Gasteiger partial charge in [0.2, 0.25) is 0 Å². The highest BCUT2D eigenvalue weighted by atomic mass is 79.9.